The first-order valence-electron chi connectivity index (χ1n) is 7.19. The summed E-state index contributed by atoms with van der Waals surface area (Å²) in [5.41, 5.74) is 1.97. The smallest absolute Gasteiger partial charge is 0.254 e. The Morgan fingerprint density at radius 3 is 2.58 bits per heavy atom. The lowest BCUT2D eigenvalue weighted by molar-refractivity contribution is 0.0689. The molecular formula is C16H24N2O. The quantitative estimate of drug-likeness (QED) is 0.902. The van der Waals surface area contributed by atoms with Crippen LogP contribution >= 0.6 is 0 Å². The summed E-state index contributed by atoms with van der Waals surface area (Å²) in [6.45, 7) is 8.10. The van der Waals surface area contributed by atoms with E-state index in [1.165, 1.54) is 18.4 Å². The summed E-state index contributed by atoms with van der Waals surface area (Å²) in [6, 6.07) is 8.54. The van der Waals surface area contributed by atoms with E-state index in [4.69, 9.17) is 0 Å². The van der Waals surface area contributed by atoms with Gasteiger partial charge in [0.2, 0.25) is 0 Å². The molecule has 0 radical (unpaired) electrons. The summed E-state index contributed by atoms with van der Waals surface area (Å²) >= 11 is 0. The molecule has 2 rings (SSSR count). The summed E-state index contributed by atoms with van der Waals surface area (Å²) in [7, 11) is 0. The van der Waals surface area contributed by atoms with E-state index in [-0.39, 0.29) is 11.9 Å². The van der Waals surface area contributed by atoms with Crippen LogP contribution in [-0.2, 0) is 0 Å². The minimum absolute atomic E-state index is 0.142. The van der Waals surface area contributed by atoms with Gasteiger partial charge in [0, 0.05) is 24.2 Å². The van der Waals surface area contributed by atoms with Crippen molar-refractivity contribution in [3.63, 3.8) is 0 Å². The predicted molar refractivity (Wildman–Crippen MR) is 78.4 cm³/mol. The van der Waals surface area contributed by atoms with Crippen molar-refractivity contribution in [1.82, 2.24) is 10.2 Å². The molecule has 1 fully saturated rings. The third-order valence-corrected chi connectivity index (χ3v) is 3.76. The van der Waals surface area contributed by atoms with Gasteiger partial charge in [0.1, 0.15) is 0 Å². The third-order valence-electron chi connectivity index (χ3n) is 3.76. The van der Waals surface area contributed by atoms with Crippen LogP contribution in [0.1, 0.15) is 42.6 Å². The van der Waals surface area contributed by atoms with Crippen molar-refractivity contribution >= 4 is 5.91 Å². The van der Waals surface area contributed by atoms with E-state index in [1.807, 2.05) is 36.1 Å². The van der Waals surface area contributed by atoms with E-state index in [2.05, 4.69) is 19.2 Å². The molecule has 104 valence electrons. The van der Waals surface area contributed by atoms with Gasteiger partial charge < -0.3 is 10.2 Å². The van der Waals surface area contributed by atoms with Crippen LogP contribution in [-0.4, -0.2) is 36.0 Å². The predicted octanol–water partition coefficient (Wildman–Crippen LogP) is 2.60. The number of carbonyl (C=O) groups excluding carboxylic acids is 1. The SMILES string of the molecule is Cc1ccc(C(=O)N(CC2CCCN2)C(C)C)cc1. The number of nitrogens with one attached hydrogen (secondary N) is 1. The number of carbonyl (C=O) groups is 1. The normalized spacial score (nSPS) is 18.8. The summed E-state index contributed by atoms with van der Waals surface area (Å²) in [4.78, 5) is 14.6. The van der Waals surface area contributed by atoms with E-state index in [0.717, 1.165) is 18.7 Å². The minimum Gasteiger partial charge on any atom is -0.335 e. The molecule has 3 nitrogen and oxygen atoms in total. The molecule has 19 heavy (non-hydrogen) atoms. The number of benzene rings is 1. The third kappa shape index (κ3) is 3.57. The molecule has 1 aromatic rings. The first kappa shape index (κ1) is 14.1. The van der Waals surface area contributed by atoms with Crippen LogP contribution < -0.4 is 5.32 Å². The highest BCUT2D eigenvalue weighted by molar-refractivity contribution is 5.94. The average Bonchev–Trinajstić information content (AvgIpc) is 2.88. The van der Waals surface area contributed by atoms with E-state index < -0.39 is 0 Å². The van der Waals surface area contributed by atoms with Crippen LogP contribution in [0, 0.1) is 6.92 Å². The number of aryl methyl sites for hydroxylation is 1. The molecule has 0 bridgehead atoms. The zero-order valence-corrected chi connectivity index (χ0v) is 12.1. The van der Waals surface area contributed by atoms with Crippen molar-refractivity contribution in [3.05, 3.63) is 35.4 Å². The Hall–Kier alpha value is -1.35. The van der Waals surface area contributed by atoms with Crippen LogP contribution in [0.4, 0.5) is 0 Å². The molecule has 1 atom stereocenters. The number of hydrogen-bond acceptors (Lipinski definition) is 2. The molecule has 0 aliphatic carbocycles. The van der Waals surface area contributed by atoms with Gasteiger partial charge in [0.15, 0.2) is 0 Å². The summed E-state index contributed by atoms with van der Waals surface area (Å²) in [5.74, 6) is 0.142. The minimum atomic E-state index is 0.142. The second-order valence-electron chi connectivity index (χ2n) is 5.71. The van der Waals surface area contributed by atoms with Crippen LogP contribution in [0.15, 0.2) is 24.3 Å². The van der Waals surface area contributed by atoms with Gasteiger partial charge in [-0.25, -0.2) is 0 Å². The Bertz CT molecular complexity index is 419. The van der Waals surface area contributed by atoms with Crippen molar-refractivity contribution in [1.29, 1.82) is 0 Å². The van der Waals surface area contributed by atoms with Gasteiger partial charge in [-0.05, 0) is 52.3 Å². The maximum Gasteiger partial charge on any atom is 0.254 e. The zero-order valence-electron chi connectivity index (χ0n) is 12.1. The van der Waals surface area contributed by atoms with Gasteiger partial charge in [-0.2, -0.15) is 0 Å². The standard InChI is InChI=1S/C16H24N2O/c1-12(2)18(11-15-5-4-10-17-15)16(19)14-8-6-13(3)7-9-14/h6-9,12,15,17H,4-5,10-11H2,1-3H3. The topological polar surface area (TPSA) is 32.3 Å². The molecule has 1 aromatic carbocycles. The van der Waals surface area contributed by atoms with E-state index >= 15 is 0 Å². The van der Waals surface area contributed by atoms with Crippen molar-refractivity contribution < 1.29 is 4.79 Å². The highest BCUT2D eigenvalue weighted by atomic mass is 16.2. The van der Waals surface area contributed by atoms with Gasteiger partial charge in [-0.1, -0.05) is 17.7 Å². The number of nitrogens with zero attached hydrogens (tertiary/aromatic N) is 1. The molecule has 0 spiro atoms. The Kier molecular flexibility index (Phi) is 4.59. The lowest BCUT2D eigenvalue weighted by Crippen LogP contribution is -2.44. The van der Waals surface area contributed by atoms with Gasteiger partial charge >= 0.3 is 0 Å². The van der Waals surface area contributed by atoms with Crippen molar-refractivity contribution in [3.8, 4) is 0 Å². The van der Waals surface area contributed by atoms with Crippen LogP contribution in [0.3, 0.4) is 0 Å². The molecule has 1 heterocycles. The molecule has 0 saturated carbocycles. The van der Waals surface area contributed by atoms with Crippen LogP contribution in [0.25, 0.3) is 0 Å². The van der Waals surface area contributed by atoms with Crippen LogP contribution in [0.2, 0.25) is 0 Å². The number of amides is 1. The Morgan fingerprint density at radius 2 is 2.05 bits per heavy atom. The van der Waals surface area contributed by atoms with E-state index in [1.54, 1.807) is 0 Å². The number of hydrogen-bond donors (Lipinski definition) is 1. The first-order chi connectivity index (χ1) is 9.08. The molecule has 0 aromatic heterocycles. The second-order valence-corrected chi connectivity index (χ2v) is 5.71. The fraction of sp³-hybridized carbons (Fsp3) is 0.562. The average molecular weight is 260 g/mol. The van der Waals surface area contributed by atoms with Gasteiger partial charge in [0.25, 0.3) is 5.91 Å². The molecule has 1 aliphatic rings. The van der Waals surface area contributed by atoms with Gasteiger partial charge in [0.05, 0.1) is 0 Å². The second kappa shape index (κ2) is 6.20. The summed E-state index contributed by atoms with van der Waals surface area (Å²) in [5, 5.41) is 3.46. The molecule has 1 amide bonds. The fourth-order valence-corrected chi connectivity index (χ4v) is 2.54. The Morgan fingerprint density at radius 1 is 1.37 bits per heavy atom. The molecule has 1 N–H and O–H groups in total. The molecule has 1 unspecified atom stereocenters. The van der Waals surface area contributed by atoms with Crippen LogP contribution in [0.5, 0.6) is 0 Å². The van der Waals surface area contributed by atoms with Gasteiger partial charge in [-0.3, -0.25) is 4.79 Å². The maximum atomic E-state index is 12.6. The van der Waals surface area contributed by atoms with Crippen molar-refractivity contribution in [2.45, 2.75) is 45.7 Å². The summed E-state index contributed by atoms with van der Waals surface area (Å²) in [6.07, 6.45) is 2.39. The van der Waals surface area contributed by atoms with E-state index in [9.17, 15) is 4.79 Å². The van der Waals surface area contributed by atoms with E-state index in [0.29, 0.717) is 6.04 Å². The largest absolute Gasteiger partial charge is 0.335 e. The maximum absolute atomic E-state index is 12.6. The lowest BCUT2D eigenvalue weighted by atomic mass is 10.1. The molecule has 3 heteroatoms. The first-order valence-corrected chi connectivity index (χ1v) is 7.19. The highest BCUT2D eigenvalue weighted by Crippen LogP contribution is 2.14. The zero-order chi connectivity index (χ0) is 13.8. The van der Waals surface area contributed by atoms with Crippen molar-refractivity contribution in [2.75, 3.05) is 13.1 Å². The van der Waals surface area contributed by atoms with Gasteiger partial charge in [-0.15, -0.1) is 0 Å². The molecule has 1 saturated heterocycles. The fourth-order valence-electron chi connectivity index (χ4n) is 2.54. The number of rotatable bonds is 4. The monoisotopic (exact) mass is 260 g/mol. The Balaban J connectivity index is 2.09. The highest BCUT2D eigenvalue weighted by Gasteiger charge is 2.24. The van der Waals surface area contributed by atoms with Crippen molar-refractivity contribution in [2.24, 2.45) is 0 Å². The lowest BCUT2D eigenvalue weighted by Gasteiger charge is -2.29. The summed E-state index contributed by atoms with van der Waals surface area (Å²) < 4.78 is 0. The molecular weight excluding hydrogens is 236 g/mol. The Labute approximate surface area is 116 Å². The molecule has 1 aliphatic heterocycles.